The van der Waals surface area contributed by atoms with Gasteiger partial charge in [0.1, 0.15) is 0 Å². The fourth-order valence-corrected chi connectivity index (χ4v) is 2.45. The van der Waals surface area contributed by atoms with Crippen molar-refractivity contribution in [1.29, 1.82) is 0 Å². The van der Waals surface area contributed by atoms with Gasteiger partial charge in [-0.1, -0.05) is 43.0 Å². The lowest BCUT2D eigenvalue weighted by Gasteiger charge is -2.15. The topological polar surface area (TPSA) is 32.9 Å². The van der Waals surface area contributed by atoms with E-state index in [0.717, 1.165) is 35.4 Å². The molecule has 2 aromatic rings. The lowest BCUT2D eigenvalue weighted by molar-refractivity contribution is 0.923. The van der Waals surface area contributed by atoms with Crippen LogP contribution in [0, 0.1) is 0 Å². The molecule has 0 saturated carbocycles. The summed E-state index contributed by atoms with van der Waals surface area (Å²) in [5.41, 5.74) is 4.99. The number of pyridine rings is 1. The fourth-order valence-electron chi connectivity index (χ4n) is 2.45. The number of fused-ring (bicyclic) bond motifs is 1. The van der Waals surface area contributed by atoms with Crippen molar-refractivity contribution in [3.05, 3.63) is 76.1 Å². The number of nitrogens with one attached hydrogen (secondary N) is 1. The zero-order chi connectivity index (χ0) is 13.2. The van der Waals surface area contributed by atoms with Crippen LogP contribution in [0.1, 0.15) is 17.7 Å². The molecule has 2 heteroatoms. The molecule has 94 valence electrons. The minimum Gasteiger partial charge on any atom is -0.355 e. The van der Waals surface area contributed by atoms with Crippen molar-refractivity contribution in [1.82, 2.24) is 4.98 Å². The van der Waals surface area contributed by atoms with Crippen LogP contribution in [0.2, 0.25) is 0 Å². The van der Waals surface area contributed by atoms with Crippen LogP contribution in [0.4, 0.5) is 0 Å². The number of hydrogen-bond donors (Lipinski definition) is 1. The molecular formula is C17H15NO. The summed E-state index contributed by atoms with van der Waals surface area (Å²) in [6.45, 7) is 3.80. The summed E-state index contributed by atoms with van der Waals surface area (Å²) in [5.74, 6) is 0. The Bertz CT molecular complexity index is 708. The van der Waals surface area contributed by atoms with E-state index in [4.69, 9.17) is 0 Å². The monoisotopic (exact) mass is 249 g/mol. The third kappa shape index (κ3) is 2.17. The lowest BCUT2D eigenvalue weighted by Crippen LogP contribution is -2.15. The summed E-state index contributed by atoms with van der Waals surface area (Å²) < 4.78 is 0. The molecule has 1 aromatic heterocycles. The molecule has 2 nitrogen and oxygen atoms in total. The highest BCUT2D eigenvalue weighted by Crippen LogP contribution is 2.23. The second kappa shape index (κ2) is 4.73. The lowest BCUT2D eigenvalue weighted by atomic mass is 9.94. The molecule has 0 bridgehead atoms. The molecule has 1 aromatic carbocycles. The van der Waals surface area contributed by atoms with Crippen molar-refractivity contribution in [3.63, 3.8) is 0 Å². The Balaban J connectivity index is 2.17. The van der Waals surface area contributed by atoms with Gasteiger partial charge in [0.05, 0.1) is 0 Å². The van der Waals surface area contributed by atoms with Crippen molar-refractivity contribution in [2.24, 2.45) is 0 Å². The number of rotatable bonds is 2. The van der Waals surface area contributed by atoms with Gasteiger partial charge in [-0.05, 0) is 30.1 Å². The SMILES string of the molecule is C=CC1=Cc2[nH]c(-c3ccccc3)cc(=O)c2CC1. The van der Waals surface area contributed by atoms with Crippen LogP contribution in [-0.2, 0) is 6.42 Å². The molecule has 1 aliphatic rings. The Morgan fingerprint density at radius 1 is 1.16 bits per heavy atom. The zero-order valence-electron chi connectivity index (χ0n) is 10.6. The van der Waals surface area contributed by atoms with Gasteiger partial charge in [-0.3, -0.25) is 4.79 Å². The Kier molecular flexibility index (Phi) is 2.92. The summed E-state index contributed by atoms with van der Waals surface area (Å²) >= 11 is 0. The normalized spacial score (nSPS) is 13.6. The van der Waals surface area contributed by atoms with Gasteiger partial charge in [-0.15, -0.1) is 0 Å². The van der Waals surface area contributed by atoms with Crippen LogP contribution in [0.5, 0.6) is 0 Å². The van der Waals surface area contributed by atoms with E-state index in [1.807, 2.05) is 42.5 Å². The van der Waals surface area contributed by atoms with Crippen LogP contribution < -0.4 is 5.43 Å². The third-order valence-corrected chi connectivity index (χ3v) is 3.51. The number of aromatic nitrogens is 1. The molecule has 19 heavy (non-hydrogen) atoms. The first-order valence-electron chi connectivity index (χ1n) is 6.42. The van der Waals surface area contributed by atoms with Gasteiger partial charge in [0.2, 0.25) is 0 Å². The summed E-state index contributed by atoms with van der Waals surface area (Å²) in [6.07, 6.45) is 5.57. The molecule has 0 atom stereocenters. The predicted molar refractivity (Wildman–Crippen MR) is 79.0 cm³/mol. The Hall–Kier alpha value is -2.35. The zero-order valence-corrected chi connectivity index (χ0v) is 10.6. The van der Waals surface area contributed by atoms with Crippen LogP contribution in [0.15, 0.2) is 59.4 Å². The van der Waals surface area contributed by atoms with E-state index >= 15 is 0 Å². The van der Waals surface area contributed by atoms with E-state index in [2.05, 4.69) is 11.6 Å². The summed E-state index contributed by atoms with van der Waals surface area (Å²) in [6, 6.07) is 11.6. The van der Waals surface area contributed by atoms with Gasteiger partial charge >= 0.3 is 0 Å². The van der Waals surface area contributed by atoms with Gasteiger partial charge in [0.15, 0.2) is 5.43 Å². The Morgan fingerprint density at radius 2 is 1.95 bits per heavy atom. The Morgan fingerprint density at radius 3 is 2.68 bits per heavy atom. The van der Waals surface area contributed by atoms with Gasteiger partial charge in [0, 0.05) is 23.0 Å². The molecule has 1 heterocycles. The van der Waals surface area contributed by atoms with Gasteiger partial charge in [-0.25, -0.2) is 0 Å². The van der Waals surface area contributed by atoms with E-state index in [1.165, 1.54) is 5.57 Å². The molecule has 0 saturated heterocycles. The first-order chi connectivity index (χ1) is 9.28. The average Bonchev–Trinajstić information content (AvgIpc) is 2.47. The quantitative estimate of drug-likeness (QED) is 0.867. The number of H-pyrrole nitrogens is 1. The molecule has 0 spiro atoms. The van der Waals surface area contributed by atoms with E-state index in [1.54, 1.807) is 6.07 Å². The minimum atomic E-state index is 0.118. The van der Waals surface area contributed by atoms with Crippen LogP contribution >= 0.6 is 0 Å². The van der Waals surface area contributed by atoms with E-state index in [9.17, 15) is 4.79 Å². The van der Waals surface area contributed by atoms with Crippen LogP contribution in [-0.4, -0.2) is 4.98 Å². The maximum atomic E-state index is 12.2. The molecule has 0 fully saturated rings. The molecule has 0 unspecified atom stereocenters. The molecule has 0 amide bonds. The van der Waals surface area contributed by atoms with Gasteiger partial charge in [0.25, 0.3) is 0 Å². The number of aromatic amines is 1. The first-order valence-corrected chi connectivity index (χ1v) is 6.42. The molecule has 0 aliphatic heterocycles. The highest BCUT2D eigenvalue weighted by molar-refractivity contribution is 5.65. The van der Waals surface area contributed by atoms with E-state index in [0.29, 0.717) is 0 Å². The van der Waals surface area contributed by atoms with Gasteiger partial charge < -0.3 is 4.98 Å². The standard InChI is InChI=1S/C17H15NO/c1-2-12-8-9-14-16(10-12)18-15(11-17(14)19)13-6-4-3-5-7-13/h2-7,10-11H,1,8-9H2,(H,18,19). The average molecular weight is 249 g/mol. The van der Waals surface area contributed by atoms with Crippen molar-refractivity contribution < 1.29 is 0 Å². The highest BCUT2D eigenvalue weighted by Gasteiger charge is 2.13. The molecule has 1 N–H and O–H groups in total. The maximum absolute atomic E-state index is 12.2. The van der Waals surface area contributed by atoms with Crippen molar-refractivity contribution in [2.75, 3.05) is 0 Å². The summed E-state index contributed by atoms with van der Waals surface area (Å²) in [7, 11) is 0. The smallest absolute Gasteiger partial charge is 0.185 e. The largest absolute Gasteiger partial charge is 0.355 e. The number of allylic oxidation sites excluding steroid dienone is 2. The second-order valence-electron chi connectivity index (χ2n) is 4.73. The van der Waals surface area contributed by atoms with Gasteiger partial charge in [-0.2, -0.15) is 0 Å². The predicted octanol–water partition coefficient (Wildman–Crippen LogP) is 3.56. The molecule has 1 aliphatic carbocycles. The van der Waals surface area contributed by atoms with Crippen molar-refractivity contribution in [2.45, 2.75) is 12.8 Å². The van der Waals surface area contributed by atoms with Crippen LogP contribution in [0.25, 0.3) is 17.3 Å². The summed E-state index contributed by atoms with van der Waals surface area (Å²) in [5, 5.41) is 0. The fraction of sp³-hybridized carbons (Fsp3) is 0.118. The first kappa shape index (κ1) is 11.7. The number of hydrogen-bond acceptors (Lipinski definition) is 1. The maximum Gasteiger partial charge on any atom is 0.185 e. The molecule has 3 rings (SSSR count). The minimum absolute atomic E-state index is 0.118. The van der Waals surface area contributed by atoms with E-state index in [-0.39, 0.29) is 5.43 Å². The van der Waals surface area contributed by atoms with E-state index < -0.39 is 0 Å². The molecular weight excluding hydrogens is 234 g/mol. The highest BCUT2D eigenvalue weighted by atomic mass is 16.1. The molecule has 0 radical (unpaired) electrons. The van der Waals surface area contributed by atoms with Crippen molar-refractivity contribution >= 4 is 6.08 Å². The summed E-state index contributed by atoms with van der Waals surface area (Å²) in [4.78, 5) is 15.5. The Labute approximate surface area is 112 Å². The second-order valence-corrected chi connectivity index (χ2v) is 4.73. The third-order valence-electron chi connectivity index (χ3n) is 3.51. The van der Waals surface area contributed by atoms with Crippen molar-refractivity contribution in [3.8, 4) is 11.3 Å². The number of benzene rings is 1. The van der Waals surface area contributed by atoms with Crippen LogP contribution in [0.3, 0.4) is 0 Å².